The van der Waals surface area contributed by atoms with Gasteiger partial charge < -0.3 is 0 Å². The number of halogens is 4. The molecule has 8 nitrogen and oxygen atoms in total. The summed E-state index contributed by atoms with van der Waals surface area (Å²) in [5.41, 5.74) is 0.00587. The summed E-state index contributed by atoms with van der Waals surface area (Å²) >= 11 is 0. The Morgan fingerprint density at radius 3 is 2.46 bits per heavy atom. The first kappa shape index (κ1) is 27.1. The van der Waals surface area contributed by atoms with E-state index in [2.05, 4.69) is 15.2 Å². The molecule has 41 heavy (non-hydrogen) atoms. The molecule has 212 valence electrons. The molecule has 3 aromatic heterocycles. The van der Waals surface area contributed by atoms with Crippen molar-refractivity contribution in [3.8, 4) is 5.69 Å². The summed E-state index contributed by atoms with van der Waals surface area (Å²) in [7, 11) is -2.33. The van der Waals surface area contributed by atoms with Crippen LogP contribution in [-0.4, -0.2) is 44.0 Å². The molecular weight excluding hydrogens is 562 g/mol. The van der Waals surface area contributed by atoms with Gasteiger partial charge in [-0.2, -0.15) is 23.4 Å². The predicted molar refractivity (Wildman–Crippen MR) is 139 cm³/mol. The lowest BCUT2D eigenvalue weighted by Gasteiger charge is -2.43. The second-order valence-electron chi connectivity index (χ2n) is 10.4. The lowest BCUT2D eigenvalue weighted by Crippen LogP contribution is -2.46. The first-order valence-electron chi connectivity index (χ1n) is 12.7. The molecule has 0 N–H and O–H groups in total. The molecule has 0 unspecified atom stereocenters. The number of carbonyl (C=O) groups excluding carboxylic acids is 1. The van der Waals surface area contributed by atoms with Crippen LogP contribution in [0.4, 0.5) is 17.6 Å². The smallest absolute Gasteiger partial charge is 0.291 e. The maximum Gasteiger partial charge on any atom is 0.417 e. The molecule has 3 heterocycles. The second kappa shape index (κ2) is 9.47. The van der Waals surface area contributed by atoms with Gasteiger partial charge in [-0.1, -0.05) is 5.57 Å². The molecular formula is C28H23F4N5O3S. The molecule has 1 saturated carbocycles. The average Bonchev–Trinajstić information content (AvgIpc) is 3.57. The Morgan fingerprint density at radius 2 is 1.83 bits per heavy atom. The highest BCUT2D eigenvalue weighted by molar-refractivity contribution is 7.92. The Labute approximate surface area is 232 Å². The van der Waals surface area contributed by atoms with E-state index in [-0.39, 0.29) is 36.4 Å². The number of aryl methyl sites for hydroxylation is 1. The van der Waals surface area contributed by atoms with Gasteiger partial charge in [0.2, 0.25) is 0 Å². The quantitative estimate of drug-likeness (QED) is 0.242. The summed E-state index contributed by atoms with van der Waals surface area (Å²) in [5, 5.41) is 7.45. The number of sulfone groups is 1. The standard InChI is InChI=1S/C28H23F4N5O3S/c1-36-11-10-25(35-36)41(39,40)22-8-2-18-12-24-17(15-34-37(24)21-6-4-20(29)5-7-21)13-27(18,14-22)26(38)23-9-3-19(16-33-23)28(30,31)32/h3-7,9-12,15-16,22H,2,8,13-14H2,1H3/t22-,27-/m0/s1. The lowest BCUT2D eigenvalue weighted by molar-refractivity contribution is -0.137. The van der Waals surface area contributed by atoms with Gasteiger partial charge in [0.15, 0.2) is 20.6 Å². The highest BCUT2D eigenvalue weighted by atomic mass is 32.2. The van der Waals surface area contributed by atoms with Gasteiger partial charge in [0.25, 0.3) is 0 Å². The van der Waals surface area contributed by atoms with E-state index < -0.39 is 43.8 Å². The third kappa shape index (κ3) is 4.57. The van der Waals surface area contributed by atoms with Crippen molar-refractivity contribution in [3.63, 3.8) is 0 Å². The number of rotatable bonds is 5. The average molecular weight is 586 g/mol. The van der Waals surface area contributed by atoms with Crippen LogP contribution in [0, 0.1) is 11.2 Å². The number of pyridine rings is 1. The van der Waals surface area contributed by atoms with Crippen LogP contribution < -0.4 is 0 Å². The number of fused-ring (bicyclic) bond motifs is 2. The molecule has 2 atom stereocenters. The zero-order valence-electron chi connectivity index (χ0n) is 21.6. The first-order valence-corrected chi connectivity index (χ1v) is 14.3. The van der Waals surface area contributed by atoms with E-state index >= 15 is 0 Å². The molecule has 2 aliphatic carbocycles. The van der Waals surface area contributed by atoms with E-state index in [9.17, 15) is 30.8 Å². The fourth-order valence-corrected chi connectivity index (χ4v) is 7.54. The largest absolute Gasteiger partial charge is 0.417 e. The number of carbonyl (C=O) groups is 1. The molecule has 1 fully saturated rings. The summed E-state index contributed by atoms with van der Waals surface area (Å²) < 4.78 is 83.3. The van der Waals surface area contributed by atoms with Crippen LogP contribution in [0.3, 0.4) is 0 Å². The van der Waals surface area contributed by atoms with Crippen LogP contribution >= 0.6 is 0 Å². The van der Waals surface area contributed by atoms with Gasteiger partial charge in [-0.3, -0.25) is 14.5 Å². The molecule has 13 heteroatoms. The summed E-state index contributed by atoms with van der Waals surface area (Å²) in [6, 6.07) is 8.97. The van der Waals surface area contributed by atoms with Crippen molar-refractivity contribution in [2.45, 2.75) is 42.1 Å². The molecule has 1 aromatic carbocycles. The van der Waals surface area contributed by atoms with Crippen LogP contribution in [0.1, 0.15) is 46.6 Å². The maximum absolute atomic E-state index is 14.2. The van der Waals surface area contributed by atoms with Crippen LogP contribution in [-0.2, 0) is 29.5 Å². The first-order chi connectivity index (χ1) is 19.4. The molecule has 0 aliphatic heterocycles. The molecule has 0 saturated heterocycles. The van der Waals surface area contributed by atoms with E-state index in [4.69, 9.17) is 0 Å². The van der Waals surface area contributed by atoms with Crippen molar-refractivity contribution >= 4 is 21.7 Å². The highest BCUT2D eigenvalue weighted by Crippen LogP contribution is 2.51. The minimum absolute atomic E-state index is 0.0745. The summed E-state index contributed by atoms with van der Waals surface area (Å²) in [5.74, 6) is -0.965. The van der Waals surface area contributed by atoms with Crippen LogP contribution in [0.15, 0.2) is 71.7 Å². The Kier molecular flexibility index (Phi) is 6.25. The van der Waals surface area contributed by atoms with Gasteiger partial charge in [0, 0.05) is 19.4 Å². The molecule has 4 aromatic rings. The van der Waals surface area contributed by atoms with Gasteiger partial charge in [0.05, 0.1) is 33.8 Å². The third-order valence-corrected chi connectivity index (χ3v) is 9.95. The monoisotopic (exact) mass is 585 g/mol. The zero-order valence-corrected chi connectivity index (χ0v) is 22.5. The number of alkyl halides is 3. The molecule has 0 radical (unpaired) electrons. The Balaban J connectivity index is 1.44. The summed E-state index contributed by atoms with van der Waals surface area (Å²) in [6.45, 7) is 0. The summed E-state index contributed by atoms with van der Waals surface area (Å²) in [6.07, 6.45) is 1.31. The minimum Gasteiger partial charge on any atom is -0.291 e. The second-order valence-corrected chi connectivity index (χ2v) is 12.5. The molecule has 2 aliphatic rings. The van der Waals surface area contributed by atoms with Crippen molar-refractivity contribution in [3.05, 3.63) is 95.0 Å². The van der Waals surface area contributed by atoms with Crippen molar-refractivity contribution in [2.75, 3.05) is 0 Å². The van der Waals surface area contributed by atoms with Crippen LogP contribution in [0.25, 0.3) is 11.8 Å². The van der Waals surface area contributed by atoms with Crippen LogP contribution in [0.2, 0.25) is 0 Å². The number of aromatic nitrogens is 5. The maximum atomic E-state index is 14.2. The number of allylic oxidation sites excluding steroid dienone is 1. The third-order valence-electron chi connectivity index (χ3n) is 7.86. The molecule has 0 spiro atoms. The Bertz CT molecular complexity index is 1790. The van der Waals surface area contributed by atoms with E-state index in [1.54, 1.807) is 36.1 Å². The van der Waals surface area contributed by atoms with Crippen molar-refractivity contribution in [1.82, 2.24) is 24.5 Å². The predicted octanol–water partition coefficient (Wildman–Crippen LogP) is 4.99. The van der Waals surface area contributed by atoms with Gasteiger partial charge in [-0.15, -0.1) is 0 Å². The van der Waals surface area contributed by atoms with Gasteiger partial charge >= 0.3 is 6.18 Å². The molecule has 0 amide bonds. The van der Waals surface area contributed by atoms with Crippen LogP contribution in [0.5, 0.6) is 0 Å². The van der Waals surface area contributed by atoms with E-state index in [1.807, 2.05) is 0 Å². The summed E-state index contributed by atoms with van der Waals surface area (Å²) in [4.78, 5) is 18.0. The molecule has 6 rings (SSSR count). The van der Waals surface area contributed by atoms with E-state index in [0.717, 1.165) is 12.1 Å². The number of benzene rings is 1. The Morgan fingerprint density at radius 1 is 1.07 bits per heavy atom. The number of Topliss-reactive ketones (excluding diaryl/α,β-unsaturated/α-hetero) is 1. The van der Waals surface area contributed by atoms with Gasteiger partial charge in [-0.25, -0.2) is 17.5 Å². The van der Waals surface area contributed by atoms with Gasteiger partial charge in [0.1, 0.15) is 11.5 Å². The van der Waals surface area contributed by atoms with E-state index in [1.165, 1.54) is 29.1 Å². The highest BCUT2D eigenvalue weighted by Gasteiger charge is 2.52. The Hall–Kier alpha value is -4.13. The number of ketones is 1. The SMILES string of the molecule is Cn1ccc(S(=O)(=O)[C@H]2CCC3=Cc4c(cnn4-c4ccc(F)cc4)C[C@]3(C(=O)c3ccc(C(F)(F)F)cn3)C2)n1. The number of hydrogen-bond acceptors (Lipinski definition) is 6. The fourth-order valence-electron chi connectivity index (χ4n) is 5.77. The lowest BCUT2D eigenvalue weighted by atomic mass is 9.61. The molecule has 0 bridgehead atoms. The van der Waals surface area contributed by atoms with Crippen molar-refractivity contribution < 1.29 is 30.8 Å². The van der Waals surface area contributed by atoms with Crippen molar-refractivity contribution in [1.29, 1.82) is 0 Å². The topological polar surface area (TPSA) is 99.7 Å². The number of nitrogens with zero attached hydrogens (tertiary/aromatic N) is 5. The normalized spacial score (nSPS) is 20.7. The number of hydrogen-bond donors (Lipinski definition) is 0. The zero-order chi connectivity index (χ0) is 29.2. The van der Waals surface area contributed by atoms with Gasteiger partial charge in [-0.05, 0) is 79.8 Å². The fraction of sp³-hybridized carbons (Fsp3) is 0.286. The van der Waals surface area contributed by atoms with E-state index in [0.29, 0.717) is 28.7 Å². The minimum atomic E-state index is -4.63. The van der Waals surface area contributed by atoms with Crippen molar-refractivity contribution in [2.24, 2.45) is 12.5 Å².